The number of rotatable bonds is 3. The lowest BCUT2D eigenvalue weighted by Crippen LogP contribution is -2.30. The molecular weight excluding hydrogens is 268 g/mol. The van der Waals surface area contributed by atoms with Crippen molar-refractivity contribution < 1.29 is 4.79 Å². The third-order valence-electron chi connectivity index (χ3n) is 5.06. The lowest BCUT2D eigenvalue weighted by molar-refractivity contribution is 0.0864. The molecule has 0 bridgehead atoms. The van der Waals surface area contributed by atoms with Gasteiger partial charge in [0.1, 0.15) is 0 Å². The van der Waals surface area contributed by atoms with E-state index in [-0.39, 0.29) is 5.78 Å². The van der Waals surface area contributed by atoms with Gasteiger partial charge in [0.05, 0.1) is 5.41 Å². The van der Waals surface area contributed by atoms with Gasteiger partial charge in [-0.05, 0) is 36.0 Å². The fourth-order valence-corrected chi connectivity index (χ4v) is 3.95. The predicted molar refractivity (Wildman–Crippen MR) is 89.8 cm³/mol. The highest BCUT2D eigenvalue weighted by molar-refractivity contribution is 6.07. The van der Waals surface area contributed by atoms with E-state index in [0.717, 1.165) is 18.4 Å². The van der Waals surface area contributed by atoms with Gasteiger partial charge in [0.25, 0.3) is 0 Å². The van der Waals surface area contributed by atoms with Crippen molar-refractivity contribution in [2.75, 3.05) is 0 Å². The molecule has 0 N–H and O–H groups in total. The van der Waals surface area contributed by atoms with E-state index >= 15 is 0 Å². The molecule has 108 valence electrons. The van der Waals surface area contributed by atoms with Crippen LogP contribution in [0.15, 0.2) is 66.8 Å². The van der Waals surface area contributed by atoms with Crippen LogP contribution in [0.3, 0.4) is 0 Å². The smallest absolute Gasteiger partial charge is 0.173 e. The summed E-state index contributed by atoms with van der Waals surface area (Å²) in [5, 5.41) is 0. The zero-order chi connectivity index (χ0) is 15.2. The normalized spacial score (nSPS) is 22.2. The van der Waals surface area contributed by atoms with Gasteiger partial charge in [-0.25, -0.2) is 0 Å². The minimum atomic E-state index is -0.426. The number of allylic oxidation sites excluding steroid dienone is 2. The van der Waals surface area contributed by atoms with Crippen molar-refractivity contribution in [2.45, 2.75) is 19.3 Å². The van der Waals surface area contributed by atoms with Crippen molar-refractivity contribution >= 4 is 11.9 Å². The van der Waals surface area contributed by atoms with Crippen LogP contribution in [-0.2, 0) is 12.8 Å². The van der Waals surface area contributed by atoms with Crippen LogP contribution in [-0.4, -0.2) is 5.78 Å². The average molecular weight is 286 g/mol. The van der Waals surface area contributed by atoms with Gasteiger partial charge in [0.2, 0.25) is 0 Å². The molecule has 2 aromatic rings. The average Bonchev–Trinajstić information content (AvgIpc) is 3.09. The maximum Gasteiger partial charge on any atom is 0.173 e. The highest BCUT2D eigenvalue weighted by Gasteiger charge is 2.47. The molecule has 0 fully saturated rings. The third kappa shape index (κ3) is 1.75. The van der Waals surface area contributed by atoms with E-state index in [9.17, 15) is 4.79 Å². The van der Waals surface area contributed by atoms with Gasteiger partial charge in [0.15, 0.2) is 5.78 Å². The molecule has 0 radical (unpaired) electrons. The Kier molecular flexibility index (Phi) is 2.90. The Labute approximate surface area is 131 Å². The Hall–Kier alpha value is -2.41. The summed E-state index contributed by atoms with van der Waals surface area (Å²) in [5.41, 5.74) is 5.46. The zero-order valence-corrected chi connectivity index (χ0v) is 12.5. The third-order valence-corrected chi connectivity index (χ3v) is 5.06. The number of ketones is 1. The SMILES string of the molecule is C=CCC1(C2=Cc3ccccc3C2)Cc2ccccc2C1=O. The second-order valence-electron chi connectivity index (χ2n) is 6.28. The molecule has 0 saturated heterocycles. The first-order valence-corrected chi connectivity index (χ1v) is 7.77. The number of carbonyl (C=O) groups excluding carboxylic acids is 1. The van der Waals surface area contributed by atoms with Crippen LogP contribution in [0.1, 0.15) is 33.5 Å². The number of Topliss-reactive ketones (excluding diaryl/α,β-unsaturated/α-hetero) is 1. The fraction of sp³-hybridized carbons (Fsp3) is 0.190. The number of hydrogen-bond acceptors (Lipinski definition) is 1. The van der Waals surface area contributed by atoms with Crippen molar-refractivity contribution in [3.63, 3.8) is 0 Å². The van der Waals surface area contributed by atoms with Gasteiger partial charge in [0, 0.05) is 5.56 Å². The Morgan fingerprint density at radius 1 is 1.05 bits per heavy atom. The number of benzene rings is 2. The minimum Gasteiger partial charge on any atom is -0.293 e. The summed E-state index contributed by atoms with van der Waals surface area (Å²) in [5.74, 6) is 0.266. The topological polar surface area (TPSA) is 17.1 Å². The quantitative estimate of drug-likeness (QED) is 0.752. The van der Waals surface area contributed by atoms with Gasteiger partial charge in [-0.15, -0.1) is 6.58 Å². The summed E-state index contributed by atoms with van der Waals surface area (Å²) in [6, 6.07) is 16.5. The van der Waals surface area contributed by atoms with Crippen LogP contribution in [0.5, 0.6) is 0 Å². The molecule has 1 atom stereocenters. The van der Waals surface area contributed by atoms with E-state index in [2.05, 4.69) is 43.0 Å². The summed E-state index contributed by atoms with van der Waals surface area (Å²) in [6.07, 6.45) is 6.51. The molecule has 0 amide bonds. The molecule has 0 spiro atoms. The number of hydrogen-bond donors (Lipinski definition) is 0. The van der Waals surface area contributed by atoms with E-state index in [4.69, 9.17) is 0 Å². The predicted octanol–water partition coefficient (Wildman–Crippen LogP) is 4.63. The van der Waals surface area contributed by atoms with Crippen molar-refractivity contribution in [2.24, 2.45) is 5.41 Å². The molecule has 0 aliphatic heterocycles. The van der Waals surface area contributed by atoms with Crippen molar-refractivity contribution in [1.82, 2.24) is 0 Å². The molecule has 1 nitrogen and oxygen atoms in total. The maximum atomic E-state index is 13.2. The monoisotopic (exact) mass is 286 g/mol. The van der Waals surface area contributed by atoms with Gasteiger partial charge >= 0.3 is 0 Å². The van der Waals surface area contributed by atoms with Crippen LogP contribution >= 0.6 is 0 Å². The van der Waals surface area contributed by atoms with E-state index in [1.165, 1.54) is 22.3 Å². The molecule has 2 aromatic carbocycles. The van der Waals surface area contributed by atoms with Crippen molar-refractivity contribution in [1.29, 1.82) is 0 Å². The van der Waals surface area contributed by atoms with E-state index in [1.807, 2.05) is 24.3 Å². The molecule has 1 heteroatoms. The first-order chi connectivity index (χ1) is 10.7. The summed E-state index contributed by atoms with van der Waals surface area (Å²) < 4.78 is 0. The molecular formula is C21H18O. The second kappa shape index (κ2) is 4.81. The van der Waals surface area contributed by atoms with Gasteiger partial charge in [-0.1, -0.05) is 66.3 Å². The summed E-state index contributed by atoms with van der Waals surface area (Å²) in [4.78, 5) is 13.2. The standard InChI is InChI=1S/C21H18O/c1-2-11-21(14-17-9-5-6-10-19(17)20(21)22)18-12-15-7-3-4-8-16(15)13-18/h2-10,12H,1,11,13-14H2. The van der Waals surface area contributed by atoms with Crippen LogP contribution in [0, 0.1) is 5.41 Å². The molecule has 0 saturated carbocycles. The molecule has 2 aliphatic carbocycles. The Morgan fingerprint density at radius 3 is 2.50 bits per heavy atom. The van der Waals surface area contributed by atoms with Crippen LogP contribution < -0.4 is 0 Å². The van der Waals surface area contributed by atoms with Crippen molar-refractivity contribution in [3.05, 3.63) is 89.0 Å². The highest BCUT2D eigenvalue weighted by Crippen LogP contribution is 2.49. The Bertz CT molecular complexity index is 812. The number of fused-ring (bicyclic) bond motifs is 2. The molecule has 0 heterocycles. The Balaban J connectivity index is 1.81. The van der Waals surface area contributed by atoms with E-state index < -0.39 is 5.41 Å². The second-order valence-corrected chi connectivity index (χ2v) is 6.28. The van der Waals surface area contributed by atoms with Gasteiger partial charge < -0.3 is 0 Å². The lowest BCUT2D eigenvalue weighted by Gasteiger charge is -2.28. The van der Waals surface area contributed by atoms with E-state index in [0.29, 0.717) is 6.42 Å². The maximum absolute atomic E-state index is 13.2. The number of carbonyl (C=O) groups is 1. The highest BCUT2D eigenvalue weighted by atomic mass is 16.1. The Morgan fingerprint density at radius 2 is 1.77 bits per heavy atom. The summed E-state index contributed by atoms with van der Waals surface area (Å²) in [7, 11) is 0. The van der Waals surface area contributed by atoms with Gasteiger partial charge in [-0.2, -0.15) is 0 Å². The van der Waals surface area contributed by atoms with Crippen LogP contribution in [0.2, 0.25) is 0 Å². The molecule has 0 aromatic heterocycles. The lowest BCUT2D eigenvalue weighted by atomic mass is 9.73. The van der Waals surface area contributed by atoms with Crippen molar-refractivity contribution in [3.8, 4) is 0 Å². The molecule has 4 rings (SSSR count). The summed E-state index contributed by atoms with van der Waals surface area (Å²) >= 11 is 0. The van der Waals surface area contributed by atoms with Crippen LogP contribution in [0.25, 0.3) is 6.08 Å². The molecule has 1 unspecified atom stereocenters. The molecule has 2 aliphatic rings. The van der Waals surface area contributed by atoms with E-state index in [1.54, 1.807) is 0 Å². The van der Waals surface area contributed by atoms with Crippen LogP contribution in [0.4, 0.5) is 0 Å². The molecule has 22 heavy (non-hydrogen) atoms. The largest absolute Gasteiger partial charge is 0.293 e. The zero-order valence-electron chi connectivity index (χ0n) is 12.5. The van der Waals surface area contributed by atoms with Gasteiger partial charge in [-0.3, -0.25) is 4.79 Å². The minimum absolute atomic E-state index is 0.266. The fourth-order valence-electron chi connectivity index (χ4n) is 3.95. The first kappa shape index (κ1) is 13.3. The summed E-state index contributed by atoms with van der Waals surface area (Å²) in [6.45, 7) is 3.91. The first-order valence-electron chi connectivity index (χ1n) is 7.77.